The van der Waals surface area contributed by atoms with E-state index >= 15 is 0 Å². The minimum Gasteiger partial charge on any atom is -0.379 e. The van der Waals surface area contributed by atoms with Crippen LogP contribution in [-0.4, -0.2) is 49.8 Å². The van der Waals surface area contributed by atoms with Gasteiger partial charge >= 0.3 is 0 Å². The van der Waals surface area contributed by atoms with Gasteiger partial charge in [-0.05, 0) is 39.2 Å². The standard InChI is InChI=1S/C12H24N2O/c1-12(2)9-11(3-4-13-12)10-14-5-7-15-8-6-14/h11,13H,3-10H2,1-2H3/t11-/m0/s1. The zero-order chi connectivity index (χ0) is 10.7. The summed E-state index contributed by atoms with van der Waals surface area (Å²) in [6, 6.07) is 0. The van der Waals surface area contributed by atoms with E-state index in [1.807, 2.05) is 0 Å². The van der Waals surface area contributed by atoms with Crippen LogP contribution < -0.4 is 5.32 Å². The van der Waals surface area contributed by atoms with Crippen molar-refractivity contribution in [2.24, 2.45) is 5.92 Å². The van der Waals surface area contributed by atoms with Crippen molar-refractivity contribution in [2.45, 2.75) is 32.2 Å². The first-order valence-corrected chi connectivity index (χ1v) is 6.21. The molecule has 0 radical (unpaired) electrons. The van der Waals surface area contributed by atoms with Gasteiger partial charge in [-0.2, -0.15) is 0 Å². The summed E-state index contributed by atoms with van der Waals surface area (Å²) in [7, 11) is 0. The lowest BCUT2D eigenvalue weighted by Gasteiger charge is -2.39. The van der Waals surface area contributed by atoms with E-state index in [0.717, 1.165) is 32.2 Å². The molecule has 3 heteroatoms. The van der Waals surface area contributed by atoms with Crippen LogP contribution in [0.3, 0.4) is 0 Å². The number of nitrogens with zero attached hydrogens (tertiary/aromatic N) is 1. The maximum atomic E-state index is 5.38. The third-order valence-electron chi connectivity index (χ3n) is 3.58. The van der Waals surface area contributed by atoms with Gasteiger partial charge in [0.05, 0.1) is 13.2 Å². The Balaban J connectivity index is 1.78. The molecule has 1 N–H and O–H groups in total. The molecule has 0 aliphatic carbocycles. The third-order valence-corrected chi connectivity index (χ3v) is 3.58. The summed E-state index contributed by atoms with van der Waals surface area (Å²) in [5, 5.41) is 3.58. The van der Waals surface area contributed by atoms with Gasteiger partial charge in [-0.3, -0.25) is 4.90 Å². The average Bonchev–Trinajstić information content (AvgIpc) is 2.17. The van der Waals surface area contributed by atoms with Crippen LogP contribution in [0.4, 0.5) is 0 Å². The van der Waals surface area contributed by atoms with E-state index in [1.54, 1.807) is 0 Å². The molecule has 0 amide bonds. The number of rotatable bonds is 2. The van der Waals surface area contributed by atoms with Crippen molar-refractivity contribution in [3.63, 3.8) is 0 Å². The molecule has 15 heavy (non-hydrogen) atoms. The molecule has 3 nitrogen and oxygen atoms in total. The fraction of sp³-hybridized carbons (Fsp3) is 1.00. The SMILES string of the molecule is CC1(C)C[C@@H](CN2CCOCC2)CCN1. The van der Waals surface area contributed by atoms with Crippen LogP contribution in [-0.2, 0) is 4.74 Å². The molecule has 2 rings (SSSR count). The number of hydrogen-bond acceptors (Lipinski definition) is 3. The summed E-state index contributed by atoms with van der Waals surface area (Å²) in [6.07, 6.45) is 2.64. The molecule has 2 heterocycles. The molecule has 2 fully saturated rings. The van der Waals surface area contributed by atoms with Crippen molar-refractivity contribution in [3.05, 3.63) is 0 Å². The Morgan fingerprint density at radius 2 is 2.07 bits per heavy atom. The highest BCUT2D eigenvalue weighted by Gasteiger charge is 2.28. The number of hydrogen-bond donors (Lipinski definition) is 1. The van der Waals surface area contributed by atoms with Gasteiger partial charge in [-0.1, -0.05) is 0 Å². The van der Waals surface area contributed by atoms with Crippen LogP contribution in [0.2, 0.25) is 0 Å². The molecule has 0 aromatic rings. The lowest BCUT2D eigenvalue weighted by molar-refractivity contribution is 0.0249. The van der Waals surface area contributed by atoms with Crippen LogP contribution in [0.5, 0.6) is 0 Å². The molecule has 0 aromatic heterocycles. The summed E-state index contributed by atoms with van der Waals surface area (Å²) < 4.78 is 5.38. The topological polar surface area (TPSA) is 24.5 Å². The van der Waals surface area contributed by atoms with E-state index in [1.165, 1.54) is 25.9 Å². The predicted molar refractivity (Wildman–Crippen MR) is 62.1 cm³/mol. The van der Waals surface area contributed by atoms with Crippen molar-refractivity contribution in [1.82, 2.24) is 10.2 Å². The summed E-state index contributed by atoms with van der Waals surface area (Å²) in [5.41, 5.74) is 0.342. The van der Waals surface area contributed by atoms with Crippen LogP contribution in [0.1, 0.15) is 26.7 Å². The first-order valence-electron chi connectivity index (χ1n) is 6.21. The molecule has 2 aliphatic rings. The maximum absolute atomic E-state index is 5.38. The second-order valence-electron chi connectivity index (χ2n) is 5.58. The summed E-state index contributed by atoms with van der Waals surface area (Å²) in [6.45, 7) is 11.2. The minimum absolute atomic E-state index is 0.342. The van der Waals surface area contributed by atoms with Crippen molar-refractivity contribution in [1.29, 1.82) is 0 Å². The second kappa shape index (κ2) is 4.81. The second-order valence-corrected chi connectivity index (χ2v) is 5.58. The molecule has 1 atom stereocenters. The van der Waals surface area contributed by atoms with Crippen molar-refractivity contribution >= 4 is 0 Å². The number of piperidine rings is 1. The molecule has 0 saturated carbocycles. The zero-order valence-corrected chi connectivity index (χ0v) is 10.1. The first kappa shape index (κ1) is 11.4. The fourth-order valence-electron chi connectivity index (χ4n) is 2.82. The summed E-state index contributed by atoms with van der Waals surface area (Å²) in [5.74, 6) is 0.874. The van der Waals surface area contributed by atoms with Crippen molar-refractivity contribution in [2.75, 3.05) is 39.4 Å². The van der Waals surface area contributed by atoms with Gasteiger partial charge in [0.25, 0.3) is 0 Å². The average molecular weight is 212 g/mol. The Kier molecular flexibility index (Phi) is 3.65. The van der Waals surface area contributed by atoms with E-state index in [-0.39, 0.29) is 0 Å². The molecule has 0 aromatic carbocycles. The van der Waals surface area contributed by atoms with E-state index in [0.29, 0.717) is 5.54 Å². The highest BCUT2D eigenvalue weighted by Crippen LogP contribution is 2.24. The quantitative estimate of drug-likeness (QED) is 0.742. The Labute approximate surface area is 93.2 Å². The van der Waals surface area contributed by atoms with E-state index in [2.05, 4.69) is 24.1 Å². The fourth-order valence-corrected chi connectivity index (χ4v) is 2.82. The van der Waals surface area contributed by atoms with Crippen LogP contribution in [0.25, 0.3) is 0 Å². The van der Waals surface area contributed by atoms with Gasteiger partial charge in [-0.25, -0.2) is 0 Å². The van der Waals surface area contributed by atoms with Gasteiger partial charge in [-0.15, -0.1) is 0 Å². The van der Waals surface area contributed by atoms with Gasteiger partial charge in [0, 0.05) is 25.2 Å². The molecule has 88 valence electrons. The van der Waals surface area contributed by atoms with E-state index in [9.17, 15) is 0 Å². The van der Waals surface area contributed by atoms with Gasteiger partial charge in [0.15, 0.2) is 0 Å². The lowest BCUT2D eigenvalue weighted by atomic mass is 9.84. The molecule has 0 bridgehead atoms. The van der Waals surface area contributed by atoms with E-state index < -0.39 is 0 Å². The molecular formula is C12H24N2O. The van der Waals surface area contributed by atoms with Gasteiger partial charge in [0.2, 0.25) is 0 Å². The Bertz CT molecular complexity index is 200. The first-order chi connectivity index (χ1) is 7.16. The smallest absolute Gasteiger partial charge is 0.0594 e. The van der Waals surface area contributed by atoms with Gasteiger partial charge in [0.1, 0.15) is 0 Å². The number of morpholine rings is 1. The van der Waals surface area contributed by atoms with Crippen LogP contribution >= 0.6 is 0 Å². The summed E-state index contributed by atoms with van der Waals surface area (Å²) in [4.78, 5) is 2.57. The molecule has 0 unspecified atom stereocenters. The molecule has 0 spiro atoms. The van der Waals surface area contributed by atoms with Crippen LogP contribution in [0.15, 0.2) is 0 Å². The largest absolute Gasteiger partial charge is 0.379 e. The van der Waals surface area contributed by atoms with Crippen LogP contribution in [0, 0.1) is 5.92 Å². The van der Waals surface area contributed by atoms with Gasteiger partial charge < -0.3 is 10.1 Å². The maximum Gasteiger partial charge on any atom is 0.0594 e. The Morgan fingerprint density at radius 1 is 1.33 bits per heavy atom. The monoisotopic (exact) mass is 212 g/mol. The van der Waals surface area contributed by atoms with Crippen molar-refractivity contribution in [3.8, 4) is 0 Å². The normalized spacial score (nSPS) is 32.8. The Hall–Kier alpha value is -0.120. The number of nitrogens with one attached hydrogen (secondary N) is 1. The predicted octanol–water partition coefficient (Wildman–Crippen LogP) is 1.10. The minimum atomic E-state index is 0.342. The molecular weight excluding hydrogens is 188 g/mol. The zero-order valence-electron chi connectivity index (χ0n) is 10.1. The van der Waals surface area contributed by atoms with E-state index in [4.69, 9.17) is 4.74 Å². The Morgan fingerprint density at radius 3 is 2.73 bits per heavy atom. The lowest BCUT2D eigenvalue weighted by Crippen LogP contribution is -2.49. The van der Waals surface area contributed by atoms with Crippen molar-refractivity contribution < 1.29 is 4.74 Å². The molecule has 2 aliphatic heterocycles. The number of ether oxygens (including phenoxy) is 1. The molecule has 2 saturated heterocycles. The third kappa shape index (κ3) is 3.44. The highest BCUT2D eigenvalue weighted by atomic mass is 16.5. The highest BCUT2D eigenvalue weighted by molar-refractivity contribution is 4.87. The summed E-state index contributed by atoms with van der Waals surface area (Å²) >= 11 is 0.